The monoisotopic (exact) mass is 271 g/mol. The summed E-state index contributed by atoms with van der Waals surface area (Å²) in [5, 5.41) is 9.97. The topological polar surface area (TPSA) is 77.0 Å². The van der Waals surface area contributed by atoms with E-state index in [9.17, 15) is 4.79 Å². The second-order valence-electron chi connectivity index (χ2n) is 3.36. The second kappa shape index (κ2) is 10.2. The third-order valence-corrected chi connectivity index (χ3v) is 2.31. The lowest BCUT2D eigenvalue weighted by Gasteiger charge is -2.10. The predicted molar refractivity (Wildman–Crippen MR) is 71.4 cm³/mol. The Morgan fingerprint density at radius 3 is 2.42 bits per heavy atom. The molecule has 0 aromatic heterocycles. The molecule has 6 heteroatoms. The summed E-state index contributed by atoms with van der Waals surface area (Å²) in [7, 11) is 5.56. The Morgan fingerprint density at radius 2 is 1.89 bits per heavy atom. The standard InChI is InChI=1S/C12H17NO4.CH4O/c1-15-10-5-4-9(11(6-10)16-2)7-13-8-12(14)17-3;1-2/h4-6,13H,7-8H2,1-3H3;2H,1H3. The Bertz CT molecular complexity index is 381. The van der Waals surface area contributed by atoms with Gasteiger partial charge in [-0.25, -0.2) is 0 Å². The number of carbonyl (C=O) groups excluding carboxylic acids is 1. The van der Waals surface area contributed by atoms with Crippen LogP contribution < -0.4 is 14.8 Å². The number of rotatable bonds is 6. The largest absolute Gasteiger partial charge is 0.497 e. The first-order valence-corrected chi connectivity index (χ1v) is 5.64. The SMILES string of the molecule is CO.COC(=O)CNCc1ccc(OC)cc1OC. The highest BCUT2D eigenvalue weighted by molar-refractivity contribution is 5.71. The predicted octanol–water partition coefficient (Wildman–Crippen LogP) is 0.575. The highest BCUT2D eigenvalue weighted by Crippen LogP contribution is 2.24. The number of hydrogen-bond donors (Lipinski definition) is 2. The third kappa shape index (κ3) is 6.08. The van der Waals surface area contributed by atoms with Crippen LogP contribution in [-0.4, -0.2) is 46.1 Å². The molecule has 1 aromatic rings. The summed E-state index contributed by atoms with van der Waals surface area (Å²) in [6.45, 7) is 0.702. The van der Waals surface area contributed by atoms with Gasteiger partial charge < -0.3 is 24.6 Å². The van der Waals surface area contributed by atoms with Crippen molar-refractivity contribution in [1.29, 1.82) is 0 Å². The van der Waals surface area contributed by atoms with Crippen molar-refractivity contribution in [2.75, 3.05) is 35.0 Å². The lowest BCUT2D eigenvalue weighted by molar-refractivity contribution is -0.139. The van der Waals surface area contributed by atoms with E-state index in [2.05, 4.69) is 10.1 Å². The Balaban J connectivity index is 0.00000154. The molecule has 0 radical (unpaired) electrons. The van der Waals surface area contributed by atoms with Crippen molar-refractivity contribution in [1.82, 2.24) is 5.32 Å². The lowest BCUT2D eigenvalue weighted by Crippen LogP contribution is -2.23. The average molecular weight is 271 g/mol. The normalized spacial score (nSPS) is 9.11. The highest BCUT2D eigenvalue weighted by atomic mass is 16.5. The minimum absolute atomic E-state index is 0.172. The van der Waals surface area contributed by atoms with Crippen molar-refractivity contribution < 1.29 is 24.1 Å². The smallest absolute Gasteiger partial charge is 0.319 e. The molecule has 0 saturated heterocycles. The molecule has 108 valence electrons. The van der Waals surface area contributed by atoms with Crippen LogP contribution in [0.25, 0.3) is 0 Å². The summed E-state index contributed by atoms with van der Waals surface area (Å²) in [6, 6.07) is 5.54. The van der Waals surface area contributed by atoms with Crippen LogP contribution in [0.4, 0.5) is 0 Å². The van der Waals surface area contributed by atoms with E-state index in [4.69, 9.17) is 14.6 Å². The van der Waals surface area contributed by atoms with Gasteiger partial charge in [-0.3, -0.25) is 4.79 Å². The fourth-order valence-corrected chi connectivity index (χ4v) is 1.37. The lowest BCUT2D eigenvalue weighted by atomic mass is 10.2. The molecule has 1 aromatic carbocycles. The van der Waals surface area contributed by atoms with Gasteiger partial charge in [0.05, 0.1) is 27.9 Å². The van der Waals surface area contributed by atoms with Crippen molar-refractivity contribution in [2.24, 2.45) is 0 Å². The molecule has 0 saturated carbocycles. The molecule has 0 aliphatic rings. The number of esters is 1. The van der Waals surface area contributed by atoms with E-state index in [1.54, 1.807) is 20.3 Å². The van der Waals surface area contributed by atoms with E-state index < -0.39 is 0 Å². The molecule has 0 spiro atoms. The molecule has 0 heterocycles. The van der Waals surface area contributed by atoms with Gasteiger partial charge in [-0.1, -0.05) is 6.07 Å². The summed E-state index contributed by atoms with van der Waals surface area (Å²) < 4.78 is 14.9. The molecule has 0 aliphatic heterocycles. The van der Waals surface area contributed by atoms with E-state index >= 15 is 0 Å². The van der Waals surface area contributed by atoms with Gasteiger partial charge in [0.2, 0.25) is 0 Å². The Kier molecular flexibility index (Phi) is 9.20. The summed E-state index contributed by atoms with van der Waals surface area (Å²) in [4.78, 5) is 10.9. The molecule has 2 N–H and O–H groups in total. The van der Waals surface area contributed by atoms with E-state index in [0.717, 1.165) is 24.2 Å². The zero-order chi connectivity index (χ0) is 14.7. The number of hydrogen-bond acceptors (Lipinski definition) is 6. The van der Waals surface area contributed by atoms with Crippen LogP contribution in [0, 0.1) is 0 Å². The highest BCUT2D eigenvalue weighted by Gasteiger charge is 2.05. The Labute approximate surface area is 113 Å². The van der Waals surface area contributed by atoms with Gasteiger partial charge in [0.25, 0.3) is 0 Å². The van der Waals surface area contributed by atoms with Crippen molar-refractivity contribution in [3.63, 3.8) is 0 Å². The third-order valence-electron chi connectivity index (χ3n) is 2.31. The van der Waals surface area contributed by atoms with Crippen molar-refractivity contribution in [3.05, 3.63) is 23.8 Å². The molecule has 1 rings (SSSR count). The number of ether oxygens (including phenoxy) is 3. The van der Waals surface area contributed by atoms with Gasteiger partial charge in [0.1, 0.15) is 11.5 Å². The van der Waals surface area contributed by atoms with Crippen LogP contribution in [0.5, 0.6) is 11.5 Å². The van der Waals surface area contributed by atoms with Crippen molar-refractivity contribution in [2.45, 2.75) is 6.54 Å². The first kappa shape index (κ1) is 17.2. The molecule has 19 heavy (non-hydrogen) atoms. The van der Waals surface area contributed by atoms with Gasteiger partial charge >= 0.3 is 5.97 Å². The van der Waals surface area contributed by atoms with Crippen LogP contribution in [0.15, 0.2) is 18.2 Å². The van der Waals surface area contributed by atoms with Gasteiger partial charge in [0, 0.05) is 25.3 Å². The quantitative estimate of drug-likeness (QED) is 0.737. The molecule has 0 bridgehead atoms. The van der Waals surface area contributed by atoms with Crippen LogP contribution in [0.1, 0.15) is 5.56 Å². The van der Waals surface area contributed by atoms with Gasteiger partial charge in [-0.15, -0.1) is 0 Å². The number of nitrogens with one attached hydrogen (secondary N) is 1. The van der Waals surface area contributed by atoms with E-state index in [1.165, 1.54) is 7.11 Å². The molecule has 0 fully saturated rings. The van der Waals surface area contributed by atoms with Crippen LogP contribution in [0.2, 0.25) is 0 Å². The average Bonchev–Trinajstić information content (AvgIpc) is 2.49. The summed E-state index contributed by atoms with van der Waals surface area (Å²) >= 11 is 0. The zero-order valence-corrected chi connectivity index (χ0v) is 11.7. The first-order valence-electron chi connectivity index (χ1n) is 5.64. The van der Waals surface area contributed by atoms with Gasteiger partial charge in [-0.2, -0.15) is 0 Å². The Hall–Kier alpha value is -1.79. The molecule has 0 amide bonds. The maximum atomic E-state index is 10.9. The van der Waals surface area contributed by atoms with Crippen molar-refractivity contribution in [3.8, 4) is 11.5 Å². The number of carbonyl (C=O) groups is 1. The Morgan fingerprint density at radius 1 is 1.21 bits per heavy atom. The first-order chi connectivity index (χ1) is 9.21. The van der Waals surface area contributed by atoms with E-state index in [-0.39, 0.29) is 12.5 Å². The minimum Gasteiger partial charge on any atom is -0.497 e. The van der Waals surface area contributed by atoms with Crippen LogP contribution in [0.3, 0.4) is 0 Å². The molecular weight excluding hydrogens is 250 g/mol. The van der Waals surface area contributed by atoms with Gasteiger partial charge in [0.15, 0.2) is 0 Å². The zero-order valence-electron chi connectivity index (χ0n) is 11.7. The summed E-state index contributed by atoms with van der Waals surface area (Å²) in [5.41, 5.74) is 0.956. The molecule has 0 atom stereocenters. The molecular formula is C13H21NO5. The molecule has 0 unspecified atom stereocenters. The number of benzene rings is 1. The van der Waals surface area contributed by atoms with Crippen molar-refractivity contribution >= 4 is 5.97 Å². The maximum Gasteiger partial charge on any atom is 0.319 e. The summed E-state index contributed by atoms with van der Waals surface area (Å²) in [5.74, 6) is 1.16. The molecule has 0 aliphatic carbocycles. The fourth-order valence-electron chi connectivity index (χ4n) is 1.37. The van der Waals surface area contributed by atoms with Gasteiger partial charge in [-0.05, 0) is 6.07 Å². The van der Waals surface area contributed by atoms with Crippen LogP contribution in [-0.2, 0) is 16.1 Å². The number of aliphatic hydroxyl groups excluding tert-OH is 1. The summed E-state index contributed by atoms with van der Waals surface area (Å²) in [6.07, 6.45) is 0. The minimum atomic E-state index is -0.294. The number of methoxy groups -OCH3 is 3. The van der Waals surface area contributed by atoms with E-state index in [0.29, 0.717) is 6.54 Å². The fraction of sp³-hybridized carbons (Fsp3) is 0.462. The number of aliphatic hydroxyl groups is 1. The van der Waals surface area contributed by atoms with E-state index in [1.807, 2.05) is 12.1 Å². The maximum absolute atomic E-state index is 10.9. The molecule has 6 nitrogen and oxygen atoms in total. The van der Waals surface area contributed by atoms with Crippen LogP contribution >= 0.6 is 0 Å². The second-order valence-corrected chi connectivity index (χ2v) is 3.36.